The topological polar surface area (TPSA) is 29.5 Å². The molecule has 0 aliphatic heterocycles. The highest BCUT2D eigenvalue weighted by atomic mass is 19.1. The number of ether oxygens (including phenoxy) is 1. The molecule has 1 aromatic carbocycles. The number of likely N-dealkylation sites (N-methyl/N-ethyl adjacent to an activating group) is 1. The molecule has 0 aromatic heterocycles. The van der Waals surface area contributed by atoms with Crippen molar-refractivity contribution in [2.24, 2.45) is 0 Å². The average molecular weight is 253 g/mol. The van der Waals surface area contributed by atoms with Gasteiger partial charge < -0.3 is 9.64 Å². The van der Waals surface area contributed by atoms with Gasteiger partial charge in [-0.05, 0) is 39.3 Å². The third-order valence-electron chi connectivity index (χ3n) is 2.88. The molecule has 0 heterocycles. The fourth-order valence-electron chi connectivity index (χ4n) is 1.74. The molecule has 0 saturated carbocycles. The van der Waals surface area contributed by atoms with Gasteiger partial charge in [0.25, 0.3) is 5.91 Å². The van der Waals surface area contributed by atoms with Crippen molar-refractivity contribution >= 4 is 5.91 Å². The summed E-state index contributed by atoms with van der Waals surface area (Å²) in [5, 5.41) is 0. The Balaban J connectivity index is 2.78. The van der Waals surface area contributed by atoms with Crippen LogP contribution in [0.3, 0.4) is 0 Å². The highest BCUT2D eigenvalue weighted by Gasteiger charge is 2.21. The Morgan fingerprint density at radius 2 is 2.00 bits per heavy atom. The van der Waals surface area contributed by atoms with E-state index < -0.39 is 11.9 Å². The molecule has 0 aliphatic rings. The molecule has 0 saturated heterocycles. The molecule has 0 radical (unpaired) electrons. The summed E-state index contributed by atoms with van der Waals surface area (Å²) in [5.41, 5.74) is 0.509. The number of halogens is 1. The number of nitrogens with zero attached hydrogens (tertiary/aromatic N) is 1. The maximum atomic E-state index is 13.7. The SMILES string of the molecule is CCN(CC)C(=O)C(C)Oc1cccc(C)c1F. The van der Waals surface area contributed by atoms with E-state index >= 15 is 0 Å². The molecule has 0 spiro atoms. The first-order valence-corrected chi connectivity index (χ1v) is 6.21. The normalized spacial score (nSPS) is 12.1. The van der Waals surface area contributed by atoms with Gasteiger partial charge in [0.15, 0.2) is 17.7 Å². The Morgan fingerprint density at radius 3 is 2.56 bits per heavy atom. The molecule has 1 rings (SSSR count). The van der Waals surface area contributed by atoms with Gasteiger partial charge in [0.1, 0.15) is 0 Å². The van der Waals surface area contributed by atoms with Crippen molar-refractivity contribution in [2.45, 2.75) is 33.8 Å². The second-order valence-electron chi connectivity index (χ2n) is 4.16. The van der Waals surface area contributed by atoms with Crippen LogP contribution in [0, 0.1) is 12.7 Å². The summed E-state index contributed by atoms with van der Waals surface area (Å²) >= 11 is 0. The highest BCUT2D eigenvalue weighted by molar-refractivity contribution is 5.80. The lowest BCUT2D eigenvalue weighted by Gasteiger charge is -2.23. The Labute approximate surface area is 108 Å². The lowest BCUT2D eigenvalue weighted by molar-refractivity contribution is -0.137. The number of aryl methyl sites for hydroxylation is 1. The van der Waals surface area contributed by atoms with Gasteiger partial charge >= 0.3 is 0 Å². The van der Waals surface area contributed by atoms with Crippen LogP contribution in [0.4, 0.5) is 4.39 Å². The smallest absolute Gasteiger partial charge is 0.263 e. The molecule has 0 fully saturated rings. The first-order chi connectivity index (χ1) is 8.51. The van der Waals surface area contributed by atoms with E-state index in [1.165, 1.54) is 6.07 Å². The van der Waals surface area contributed by atoms with Crippen LogP contribution >= 0.6 is 0 Å². The molecular weight excluding hydrogens is 233 g/mol. The summed E-state index contributed by atoms with van der Waals surface area (Å²) in [5.74, 6) is -0.402. The van der Waals surface area contributed by atoms with E-state index in [-0.39, 0.29) is 11.7 Å². The first kappa shape index (κ1) is 14.5. The lowest BCUT2D eigenvalue weighted by Crippen LogP contribution is -2.40. The molecule has 18 heavy (non-hydrogen) atoms. The molecule has 100 valence electrons. The standard InChI is InChI=1S/C14H20FNO2/c1-5-16(6-2)14(17)11(4)18-12-9-7-8-10(3)13(12)15/h7-9,11H,5-6H2,1-4H3. The van der Waals surface area contributed by atoms with E-state index in [9.17, 15) is 9.18 Å². The monoisotopic (exact) mass is 253 g/mol. The maximum absolute atomic E-state index is 13.7. The van der Waals surface area contributed by atoms with Crippen molar-refractivity contribution < 1.29 is 13.9 Å². The van der Waals surface area contributed by atoms with Crippen molar-refractivity contribution in [2.75, 3.05) is 13.1 Å². The molecule has 0 bridgehead atoms. The number of hydrogen-bond acceptors (Lipinski definition) is 2. The summed E-state index contributed by atoms with van der Waals surface area (Å²) in [4.78, 5) is 13.6. The van der Waals surface area contributed by atoms with E-state index in [2.05, 4.69) is 0 Å². The third-order valence-corrected chi connectivity index (χ3v) is 2.88. The number of carbonyl (C=O) groups excluding carboxylic acids is 1. The Kier molecular flexibility index (Phi) is 5.13. The molecule has 1 atom stereocenters. The molecule has 1 aromatic rings. The van der Waals surface area contributed by atoms with E-state index in [1.54, 1.807) is 30.9 Å². The van der Waals surface area contributed by atoms with Crippen LogP contribution in [-0.2, 0) is 4.79 Å². The third kappa shape index (κ3) is 3.22. The largest absolute Gasteiger partial charge is 0.478 e. The fourth-order valence-corrected chi connectivity index (χ4v) is 1.74. The van der Waals surface area contributed by atoms with Crippen LogP contribution in [0.2, 0.25) is 0 Å². The quantitative estimate of drug-likeness (QED) is 0.807. The molecule has 1 amide bonds. The van der Waals surface area contributed by atoms with Gasteiger partial charge in [-0.15, -0.1) is 0 Å². The Morgan fingerprint density at radius 1 is 1.39 bits per heavy atom. The summed E-state index contributed by atoms with van der Waals surface area (Å²) in [6.07, 6.45) is -0.679. The molecule has 1 unspecified atom stereocenters. The maximum Gasteiger partial charge on any atom is 0.263 e. The van der Waals surface area contributed by atoms with E-state index in [4.69, 9.17) is 4.74 Å². The number of benzene rings is 1. The predicted octanol–water partition coefficient (Wildman–Crippen LogP) is 2.77. The summed E-state index contributed by atoms with van der Waals surface area (Å²) in [6, 6.07) is 4.91. The molecular formula is C14H20FNO2. The number of carbonyl (C=O) groups is 1. The van der Waals surface area contributed by atoms with E-state index in [1.807, 2.05) is 13.8 Å². The van der Waals surface area contributed by atoms with Crippen molar-refractivity contribution in [3.05, 3.63) is 29.6 Å². The molecule has 0 aliphatic carbocycles. The van der Waals surface area contributed by atoms with Crippen LogP contribution in [0.5, 0.6) is 5.75 Å². The summed E-state index contributed by atoms with van der Waals surface area (Å²) in [6.45, 7) is 8.36. The van der Waals surface area contributed by atoms with Crippen LogP contribution in [0.15, 0.2) is 18.2 Å². The first-order valence-electron chi connectivity index (χ1n) is 6.21. The molecule has 4 heteroatoms. The minimum Gasteiger partial charge on any atom is -0.478 e. The minimum atomic E-state index is -0.679. The van der Waals surface area contributed by atoms with Crippen LogP contribution in [0.1, 0.15) is 26.3 Å². The van der Waals surface area contributed by atoms with Crippen LogP contribution in [0.25, 0.3) is 0 Å². The van der Waals surface area contributed by atoms with Crippen LogP contribution < -0.4 is 4.74 Å². The Bertz CT molecular complexity index is 416. The van der Waals surface area contributed by atoms with Crippen molar-refractivity contribution in [1.29, 1.82) is 0 Å². The highest BCUT2D eigenvalue weighted by Crippen LogP contribution is 2.21. The average Bonchev–Trinajstić information content (AvgIpc) is 2.36. The number of rotatable bonds is 5. The molecule has 0 N–H and O–H groups in total. The van der Waals surface area contributed by atoms with E-state index in [0.29, 0.717) is 18.7 Å². The lowest BCUT2D eigenvalue weighted by atomic mass is 10.2. The second kappa shape index (κ2) is 6.38. The number of hydrogen-bond donors (Lipinski definition) is 0. The summed E-state index contributed by atoms with van der Waals surface area (Å²) < 4.78 is 19.1. The van der Waals surface area contributed by atoms with Gasteiger partial charge in [0, 0.05) is 13.1 Å². The van der Waals surface area contributed by atoms with Gasteiger partial charge in [-0.2, -0.15) is 0 Å². The predicted molar refractivity (Wildman–Crippen MR) is 69.2 cm³/mol. The zero-order chi connectivity index (χ0) is 13.7. The van der Waals surface area contributed by atoms with Gasteiger partial charge in [0.05, 0.1) is 0 Å². The van der Waals surface area contributed by atoms with Crippen LogP contribution in [-0.4, -0.2) is 30.0 Å². The van der Waals surface area contributed by atoms with Crippen molar-refractivity contribution in [3.63, 3.8) is 0 Å². The van der Waals surface area contributed by atoms with Crippen molar-refractivity contribution in [1.82, 2.24) is 4.90 Å². The zero-order valence-corrected chi connectivity index (χ0v) is 11.4. The van der Waals surface area contributed by atoms with Gasteiger partial charge in [0.2, 0.25) is 0 Å². The van der Waals surface area contributed by atoms with Gasteiger partial charge in [-0.1, -0.05) is 12.1 Å². The molecule has 3 nitrogen and oxygen atoms in total. The second-order valence-corrected chi connectivity index (χ2v) is 4.16. The van der Waals surface area contributed by atoms with Gasteiger partial charge in [-0.25, -0.2) is 4.39 Å². The zero-order valence-electron chi connectivity index (χ0n) is 11.4. The Hall–Kier alpha value is -1.58. The summed E-state index contributed by atoms with van der Waals surface area (Å²) in [7, 11) is 0. The van der Waals surface area contributed by atoms with Gasteiger partial charge in [-0.3, -0.25) is 4.79 Å². The minimum absolute atomic E-state index is 0.124. The number of amides is 1. The van der Waals surface area contributed by atoms with E-state index in [0.717, 1.165) is 0 Å². The van der Waals surface area contributed by atoms with Crippen molar-refractivity contribution in [3.8, 4) is 5.75 Å². The fraction of sp³-hybridized carbons (Fsp3) is 0.500.